The second-order valence-electron chi connectivity index (χ2n) is 7.02. The normalized spacial score (nSPS) is 16.3. The monoisotopic (exact) mass is 404 g/mol. The van der Waals surface area contributed by atoms with Gasteiger partial charge in [0.2, 0.25) is 5.84 Å². The molecule has 152 valence electrons. The van der Waals surface area contributed by atoms with Gasteiger partial charge in [-0.25, -0.2) is 0 Å². The highest BCUT2D eigenvalue weighted by molar-refractivity contribution is 6.16. The number of likely N-dealkylation sites (N-methyl/N-ethyl adjacent to an activating group) is 1. The number of halogens is 3. The number of carbonyl (C=O) groups excluding carboxylic acids is 1. The van der Waals surface area contributed by atoms with Gasteiger partial charge >= 0.3 is 6.18 Å². The topological polar surface area (TPSA) is 56.9 Å². The third-order valence-electron chi connectivity index (χ3n) is 5.04. The number of hydroxylamine groups is 1. The zero-order valence-electron chi connectivity index (χ0n) is 15.9. The maximum Gasteiger partial charge on any atom is 0.416 e. The number of alkyl halides is 3. The molecule has 0 saturated heterocycles. The van der Waals surface area contributed by atoms with Crippen LogP contribution in [-0.4, -0.2) is 42.5 Å². The lowest BCUT2D eigenvalue weighted by atomic mass is 9.97. The molecule has 1 N–H and O–H groups in total. The minimum absolute atomic E-state index is 0.0729. The summed E-state index contributed by atoms with van der Waals surface area (Å²) in [6, 6.07) is 8.67. The van der Waals surface area contributed by atoms with Crippen LogP contribution < -0.4 is 5.32 Å². The number of amides is 1. The molecule has 4 rings (SSSR count). The van der Waals surface area contributed by atoms with Gasteiger partial charge in [-0.2, -0.15) is 13.2 Å². The molecule has 0 unspecified atom stereocenters. The number of hydrogen-bond donors (Lipinski definition) is 1. The molecule has 2 aliphatic heterocycles. The number of amidine groups is 1. The van der Waals surface area contributed by atoms with E-state index in [1.54, 1.807) is 0 Å². The quantitative estimate of drug-likeness (QED) is 0.848. The highest BCUT2D eigenvalue weighted by Gasteiger charge is 2.36. The Balaban J connectivity index is 1.66. The number of fused-ring (bicyclic) bond motifs is 1. The minimum atomic E-state index is -4.53. The molecule has 0 saturated carbocycles. The highest BCUT2D eigenvalue weighted by atomic mass is 19.4. The first-order valence-corrected chi connectivity index (χ1v) is 9.03. The van der Waals surface area contributed by atoms with Crippen molar-refractivity contribution in [3.63, 3.8) is 0 Å². The van der Waals surface area contributed by atoms with E-state index in [9.17, 15) is 18.0 Å². The van der Waals surface area contributed by atoms with Crippen molar-refractivity contribution in [2.24, 2.45) is 5.10 Å². The van der Waals surface area contributed by atoms with Crippen molar-refractivity contribution < 1.29 is 22.8 Å². The number of anilines is 1. The van der Waals surface area contributed by atoms with Crippen molar-refractivity contribution in [1.29, 1.82) is 0 Å². The fourth-order valence-electron chi connectivity index (χ4n) is 3.51. The minimum Gasteiger partial charge on any atom is -0.322 e. The van der Waals surface area contributed by atoms with Crippen molar-refractivity contribution in [2.45, 2.75) is 19.1 Å². The van der Waals surface area contributed by atoms with Gasteiger partial charge in [-0.3, -0.25) is 9.63 Å². The number of hydrogen-bond acceptors (Lipinski definition) is 5. The van der Waals surface area contributed by atoms with E-state index in [1.807, 2.05) is 25.2 Å². The van der Waals surface area contributed by atoms with Crippen LogP contribution in [-0.2, 0) is 24.0 Å². The molecule has 9 heteroatoms. The van der Waals surface area contributed by atoms with Crippen LogP contribution in [0.2, 0.25) is 0 Å². The Kier molecular flexibility index (Phi) is 4.79. The standard InChI is InChI=1S/C20H19F3N4O2/c1-26-9-8-14-12(11-26)4-3-5-17(14)24-19(28)15-7-6-13(20(21,22)23)10-16(15)18-25-27(18)29-2/h3-7,10H,8-9,11H2,1-2H3,(H,24,28). The van der Waals surface area contributed by atoms with E-state index < -0.39 is 17.6 Å². The summed E-state index contributed by atoms with van der Waals surface area (Å²) in [6.07, 6.45) is -3.74. The van der Waals surface area contributed by atoms with Gasteiger partial charge in [0.05, 0.1) is 18.2 Å². The Morgan fingerprint density at radius 2 is 2.03 bits per heavy atom. The molecule has 0 aliphatic carbocycles. The third kappa shape index (κ3) is 3.83. The average molecular weight is 404 g/mol. The summed E-state index contributed by atoms with van der Waals surface area (Å²) in [5.41, 5.74) is 2.17. The SMILES string of the molecule is CON1N=C1c1cc(C(F)(F)F)ccc1C(=O)Nc1cccc2c1CCN(C)C2. The van der Waals surface area contributed by atoms with Crippen molar-refractivity contribution >= 4 is 17.4 Å². The van der Waals surface area contributed by atoms with Gasteiger partial charge in [-0.15, -0.1) is 10.3 Å². The Morgan fingerprint density at radius 1 is 1.24 bits per heavy atom. The van der Waals surface area contributed by atoms with Crippen LogP contribution in [0.15, 0.2) is 41.5 Å². The van der Waals surface area contributed by atoms with Crippen LogP contribution in [0.25, 0.3) is 0 Å². The van der Waals surface area contributed by atoms with Crippen molar-refractivity contribution in [3.05, 3.63) is 64.2 Å². The summed E-state index contributed by atoms with van der Waals surface area (Å²) in [5.74, 6) is -0.313. The summed E-state index contributed by atoms with van der Waals surface area (Å²) in [6.45, 7) is 1.65. The van der Waals surface area contributed by atoms with Crippen molar-refractivity contribution in [3.8, 4) is 0 Å². The van der Waals surface area contributed by atoms with Crippen molar-refractivity contribution in [2.75, 3.05) is 26.0 Å². The molecular formula is C20H19F3N4O2. The van der Waals surface area contributed by atoms with Crippen molar-refractivity contribution in [1.82, 2.24) is 10.1 Å². The van der Waals surface area contributed by atoms with Crippen LogP contribution in [0, 0.1) is 0 Å². The molecule has 1 amide bonds. The molecule has 29 heavy (non-hydrogen) atoms. The number of nitrogens with one attached hydrogen (secondary N) is 1. The predicted octanol–water partition coefficient (Wildman–Crippen LogP) is 3.48. The van der Waals surface area contributed by atoms with Crippen LogP contribution in [0.3, 0.4) is 0 Å². The van der Waals surface area contributed by atoms with Crippen LogP contribution >= 0.6 is 0 Å². The fourth-order valence-corrected chi connectivity index (χ4v) is 3.51. The first-order valence-electron chi connectivity index (χ1n) is 9.03. The van der Waals surface area contributed by atoms with Crippen LogP contribution in [0.4, 0.5) is 18.9 Å². The van der Waals surface area contributed by atoms with E-state index in [-0.39, 0.29) is 17.0 Å². The number of nitrogens with zero attached hydrogens (tertiary/aromatic N) is 3. The maximum absolute atomic E-state index is 13.1. The molecule has 2 aromatic rings. The predicted molar refractivity (Wildman–Crippen MR) is 101 cm³/mol. The first kappa shape index (κ1) is 19.4. The number of hydrazone groups is 1. The van der Waals surface area contributed by atoms with Gasteiger partial charge < -0.3 is 10.2 Å². The van der Waals surface area contributed by atoms with E-state index >= 15 is 0 Å². The first-order chi connectivity index (χ1) is 13.8. The zero-order valence-corrected chi connectivity index (χ0v) is 15.9. The molecule has 0 fully saturated rings. The third-order valence-corrected chi connectivity index (χ3v) is 5.04. The molecule has 2 aromatic carbocycles. The van der Waals surface area contributed by atoms with Gasteiger partial charge in [-0.05, 0) is 48.9 Å². The summed E-state index contributed by atoms with van der Waals surface area (Å²) in [5, 5.41) is 7.81. The Labute approximate surface area is 165 Å². The summed E-state index contributed by atoms with van der Waals surface area (Å²) >= 11 is 0. The Hall–Kier alpha value is -2.91. The molecule has 0 spiro atoms. The summed E-state index contributed by atoms with van der Waals surface area (Å²) < 4.78 is 39.4. The highest BCUT2D eigenvalue weighted by Crippen LogP contribution is 2.33. The Bertz CT molecular complexity index is 1000. The van der Waals surface area contributed by atoms with E-state index in [2.05, 4.69) is 15.3 Å². The van der Waals surface area contributed by atoms with E-state index in [4.69, 9.17) is 4.84 Å². The summed E-state index contributed by atoms with van der Waals surface area (Å²) in [7, 11) is 3.37. The van der Waals surface area contributed by atoms with E-state index in [1.165, 1.54) is 13.2 Å². The number of carbonyl (C=O) groups is 1. The lowest BCUT2D eigenvalue weighted by Gasteiger charge is -2.26. The lowest BCUT2D eigenvalue weighted by Crippen LogP contribution is -2.28. The lowest BCUT2D eigenvalue weighted by molar-refractivity contribution is -0.137. The van der Waals surface area contributed by atoms with Gasteiger partial charge in [-0.1, -0.05) is 12.1 Å². The molecule has 0 bridgehead atoms. The second kappa shape index (κ2) is 7.16. The fraction of sp³-hybridized carbons (Fsp3) is 0.300. The molecule has 2 heterocycles. The molecule has 0 atom stereocenters. The number of rotatable bonds is 4. The largest absolute Gasteiger partial charge is 0.416 e. The molecule has 0 aromatic heterocycles. The molecule has 2 aliphatic rings. The smallest absolute Gasteiger partial charge is 0.322 e. The Morgan fingerprint density at radius 3 is 2.72 bits per heavy atom. The van der Waals surface area contributed by atoms with Gasteiger partial charge in [0.15, 0.2) is 0 Å². The van der Waals surface area contributed by atoms with Crippen LogP contribution in [0.5, 0.6) is 0 Å². The maximum atomic E-state index is 13.1. The molecular weight excluding hydrogens is 385 g/mol. The van der Waals surface area contributed by atoms with Crippen LogP contribution in [0.1, 0.15) is 32.6 Å². The second-order valence-corrected chi connectivity index (χ2v) is 7.02. The zero-order chi connectivity index (χ0) is 20.8. The molecule has 6 nitrogen and oxygen atoms in total. The average Bonchev–Trinajstić information content (AvgIpc) is 3.46. The van der Waals surface area contributed by atoms with Gasteiger partial charge in [0, 0.05) is 24.3 Å². The van der Waals surface area contributed by atoms with Gasteiger partial charge in [0.1, 0.15) is 0 Å². The van der Waals surface area contributed by atoms with E-state index in [0.717, 1.165) is 47.9 Å². The molecule has 0 radical (unpaired) electrons. The van der Waals surface area contributed by atoms with E-state index in [0.29, 0.717) is 5.69 Å². The summed E-state index contributed by atoms with van der Waals surface area (Å²) in [4.78, 5) is 20.0. The van der Waals surface area contributed by atoms with Gasteiger partial charge in [0.25, 0.3) is 5.91 Å². The number of benzene rings is 2.